The van der Waals surface area contributed by atoms with Crippen molar-refractivity contribution in [2.24, 2.45) is 0 Å². The molecule has 1 heterocycles. The summed E-state index contributed by atoms with van der Waals surface area (Å²) in [4.78, 5) is 16.3. The number of benzene rings is 1. The fourth-order valence-corrected chi connectivity index (χ4v) is 2.27. The summed E-state index contributed by atoms with van der Waals surface area (Å²) in [5.74, 6) is -0.257. The third kappa shape index (κ3) is 2.34. The molecule has 1 amide bonds. The Hall–Kier alpha value is -1.17. The number of hydrogen-bond acceptors (Lipinski definition) is 4. The zero-order valence-corrected chi connectivity index (χ0v) is 11.9. The zero-order valence-electron chi connectivity index (χ0n) is 10.3. The minimum Gasteiger partial charge on any atom is -0.369 e. The van der Waals surface area contributed by atoms with Crippen LogP contribution in [0.15, 0.2) is 17.6 Å². The molecule has 0 fully saturated rings. The third-order valence-electron chi connectivity index (χ3n) is 2.75. The second-order valence-corrected chi connectivity index (χ2v) is 5.58. The predicted octanol–water partition coefficient (Wildman–Crippen LogP) is 3.31. The number of halogens is 1. The molecule has 1 aromatic carbocycles. The molecule has 0 radical (unpaired) electrons. The second kappa shape index (κ2) is 4.84. The quantitative estimate of drug-likeness (QED) is 0.941. The molecule has 0 unspecified atom stereocenters. The summed E-state index contributed by atoms with van der Waals surface area (Å²) in [6.45, 7) is 3.38. The molecule has 6 heteroatoms. The number of thiazole rings is 1. The summed E-state index contributed by atoms with van der Waals surface area (Å²) in [6.07, 6.45) is 0. The number of anilines is 1. The number of ether oxygens (including phenoxy) is 1. The van der Waals surface area contributed by atoms with Crippen molar-refractivity contribution in [1.82, 2.24) is 4.98 Å². The first-order chi connectivity index (χ1) is 8.45. The monoisotopic (exact) mass is 284 g/mol. The van der Waals surface area contributed by atoms with Gasteiger partial charge in [-0.25, -0.2) is 4.98 Å². The van der Waals surface area contributed by atoms with E-state index in [4.69, 9.17) is 16.3 Å². The highest BCUT2D eigenvalue weighted by Crippen LogP contribution is 2.32. The van der Waals surface area contributed by atoms with Crippen LogP contribution in [0.1, 0.15) is 13.8 Å². The van der Waals surface area contributed by atoms with Crippen LogP contribution < -0.4 is 5.32 Å². The number of rotatable bonds is 3. The Morgan fingerprint density at radius 3 is 2.89 bits per heavy atom. The average Bonchev–Trinajstić information content (AvgIpc) is 2.81. The van der Waals surface area contributed by atoms with Gasteiger partial charge in [0.05, 0.1) is 20.9 Å². The van der Waals surface area contributed by atoms with Crippen LogP contribution in [0.25, 0.3) is 10.2 Å². The Balaban J connectivity index is 2.40. The molecule has 0 bridgehead atoms. The van der Waals surface area contributed by atoms with E-state index < -0.39 is 5.60 Å². The third-order valence-corrected chi connectivity index (χ3v) is 3.86. The minimum absolute atomic E-state index is 0.257. The van der Waals surface area contributed by atoms with Gasteiger partial charge in [-0.2, -0.15) is 0 Å². The van der Waals surface area contributed by atoms with Crippen molar-refractivity contribution in [3.05, 3.63) is 22.7 Å². The average molecular weight is 285 g/mol. The Bertz CT molecular complexity index is 595. The van der Waals surface area contributed by atoms with E-state index in [0.717, 1.165) is 4.70 Å². The number of amides is 1. The second-order valence-electron chi connectivity index (χ2n) is 4.29. The van der Waals surface area contributed by atoms with E-state index >= 15 is 0 Å². The first-order valence-electron chi connectivity index (χ1n) is 5.34. The van der Waals surface area contributed by atoms with Gasteiger partial charge in [0.2, 0.25) is 0 Å². The van der Waals surface area contributed by atoms with Crippen LogP contribution in [0.3, 0.4) is 0 Å². The van der Waals surface area contributed by atoms with Gasteiger partial charge in [0.15, 0.2) is 0 Å². The standard InChI is InChI=1S/C12H13ClN2O2S/c1-12(2,17-3)11(16)15-9-7(13)4-5-8-10(9)14-6-18-8/h4-6H,1-3H3,(H,15,16). The molecule has 0 saturated carbocycles. The summed E-state index contributed by atoms with van der Waals surface area (Å²) in [5, 5.41) is 3.25. The van der Waals surface area contributed by atoms with Crippen molar-refractivity contribution in [1.29, 1.82) is 0 Å². The van der Waals surface area contributed by atoms with Gasteiger partial charge in [-0.05, 0) is 26.0 Å². The van der Waals surface area contributed by atoms with Crippen LogP contribution in [0.2, 0.25) is 5.02 Å². The maximum absolute atomic E-state index is 12.1. The van der Waals surface area contributed by atoms with Crippen LogP contribution >= 0.6 is 22.9 Å². The van der Waals surface area contributed by atoms with Gasteiger partial charge in [0, 0.05) is 7.11 Å². The fourth-order valence-electron chi connectivity index (χ4n) is 1.38. The van der Waals surface area contributed by atoms with Crippen molar-refractivity contribution < 1.29 is 9.53 Å². The summed E-state index contributed by atoms with van der Waals surface area (Å²) < 4.78 is 6.11. The molecule has 0 atom stereocenters. The summed E-state index contributed by atoms with van der Waals surface area (Å²) in [6, 6.07) is 3.63. The predicted molar refractivity (Wildman–Crippen MR) is 74.3 cm³/mol. The van der Waals surface area contributed by atoms with E-state index in [-0.39, 0.29) is 5.91 Å². The number of hydrogen-bond donors (Lipinski definition) is 1. The van der Waals surface area contributed by atoms with E-state index in [0.29, 0.717) is 16.2 Å². The Labute approximate surface area is 114 Å². The lowest BCUT2D eigenvalue weighted by Gasteiger charge is -2.22. The molecular formula is C12H13ClN2O2S. The molecule has 2 rings (SSSR count). The van der Waals surface area contributed by atoms with Gasteiger partial charge in [-0.3, -0.25) is 4.79 Å². The van der Waals surface area contributed by atoms with Gasteiger partial charge in [0.25, 0.3) is 5.91 Å². The summed E-state index contributed by atoms with van der Waals surface area (Å²) in [7, 11) is 1.49. The molecule has 0 aliphatic heterocycles. The fraction of sp³-hybridized carbons (Fsp3) is 0.333. The first-order valence-corrected chi connectivity index (χ1v) is 6.60. The molecule has 0 aliphatic carbocycles. The molecule has 18 heavy (non-hydrogen) atoms. The molecule has 0 spiro atoms. The highest BCUT2D eigenvalue weighted by Gasteiger charge is 2.28. The largest absolute Gasteiger partial charge is 0.369 e. The summed E-state index contributed by atoms with van der Waals surface area (Å²) in [5.41, 5.74) is 2.04. The maximum atomic E-state index is 12.1. The van der Waals surface area contributed by atoms with Crippen molar-refractivity contribution in [3.8, 4) is 0 Å². The number of carbonyl (C=O) groups excluding carboxylic acids is 1. The molecule has 1 N–H and O–H groups in total. The van der Waals surface area contributed by atoms with Crippen molar-refractivity contribution >= 4 is 44.7 Å². The molecule has 0 saturated heterocycles. The first kappa shape index (κ1) is 13.3. The highest BCUT2D eigenvalue weighted by atomic mass is 35.5. The number of carbonyl (C=O) groups is 1. The molecule has 4 nitrogen and oxygen atoms in total. The van der Waals surface area contributed by atoms with Crippen molar-refractivity contribution in [2.75, 3.05) is 12.4 Å². The van der Waals surface area contributed by atoms with Gasteiger partial charge >= 0.3 is 0 Å². The van der Waals surface area contributed by atoms with Crippen molar-refractivity contribution in [2.45, 2.75) is 19.4 Å². The Morgan fingerprint density at radius 1 is 1.50 bits per heavy atom. The lowest BCUT2D eigenvalue weighted by Crippen LogP contribution is -2.38. The van der Waals surface area contributed by atoms with Crippen LogP contribution in [0.5, 0.6) is 0 Å². The van der Waals surface area contributed by atoms with E-state index in [1.807, 2.05) is 6.07 Å². The highest BCUT2D eigenvalue weighted by molar-refractivity contribution is 7.16. The topological polar surface area (TPSA) is 51.2 Å². The number of nitrogens with zero attached hydrogens (tertiary/aromatic N) is 1. The minimum atomic E-state index is -0.915. The van der Waals surface area contributed by atoms with Gasteiger partial charge in [-0.15, -0.1) is 11.3 Å². The Kier molecular flexibility index (Phi) is 3.56. The Morgan fingerprint density at radius 2 is 2.22 bits per heavy atom. The van der Waals surface area contributed by atoms with Crippen LogP contribution in [-0.2, 0) is 9.53 Å². The lowest BCUT2D eigenvalue weighted by molar-refractivity contribution is -0.133. The van der Waals surface area contributed by atoms with Gasteiger partial charge in [-0.1, -0.05) is 11.6 Å². The molecule has 96 valence electrons. The lowest BCUT2D eigenvalue weighted by atomic mass is 10.1. The number of methoxy groups -OCH3 is 1. The number of nitrogens with one attached hydrogen (secondary N) is 1. The van der Waals surface area contributed by atoms with Crippen LogP contribution in [0.4, 0.5) is 5.69 Å². The number of aromatic nitrogens is 1. The van der Waals surface area contributed by atoms with Crippen LogP contribution in [-0.4, -0.2) is 23.6 Å². The van der Waals surface area contributed by atoms with E-state index in [1.165, 1.54) is 18.4 Å². The smallest absolute Gasteiger partial charge is 0.256 e. The van der Waals surface area contributed by atoms with E-state index in [2.05, 4.69) is 10.3 Å². The van der Waals surface area contributed by atoms with Gasteiger partial charge in [0.1, 0.15) is 11.1 Å². The van der Waals surface area contributed by atoms with E-state index in [9.17, 15) is 4.79 Å². The van der Waals surface area contributed by atoms with E-state index in [1.54, 1.807) is 25.4 Å². The normalized spacial score (nSPS) is 11.8. The zero-order chi connectivity index (χ0) is 13.3. The molecular weight excluding hydrogens is 272 g/mol. The molecule has 0 aliphatic rings. The van der Waals surface area contributed by atoms with Crippen LogP contribution in [0, 0.1) is 0 Å². The SMILES string of the molecule is COC(C)(C)C(=O)Nc1c(Cl)ccc2scnc12. The molecule has 2 aromatic rings. The number of fused-ring (bicyclic) bond motifs is 1. The molecule has 1 aromatic heterocycles. The van der Waals surface area contributed by atoms with Crippen molar-refractivity contribution in [3.63, 3.8) is 0 Å². The maximum Gasteiger partial charge on any atom is 0.256 e. The summed E-state index contributed by atoms with van der Waals surface area (Å²) >= 11 is 7.60. The van der Waals surface area contributed by atoms with Gasteiger partial charge < -0.3 is 10.1 Å².